The van der Waals surface area contributed by atoms with Crippen LogP contribution in [0.25, 0.3) is 0 Å². The molecule has 17 heavy (non-hydrogen) atoms. The van der Waals surface area contributed by atoms with Gasteiger partial charge in [0.15, 0.2) is 0 Å². The van der Waals surface area contributed by atoms with E-state index >= 15 is 0 Å². The molecule has 1 atom stereocenters. The highest BCUT2D eigenvalue weighted by Crippen LogP contribution is 2.44. The van der Waals surface area contributed by atoms with Crippen molar-refractivity contribution in [3.8, 4) is 12.3 Å². The van der Waals surface area contributed by atoms with Crippen molar-refractivity contribution in [2.75, 3.05) is 26.2 Å². The summed E-state index contributed by atoms with van der Waals surface area (Å²) >= 11 is 0. The quantitative estimate of drug-likeness (QED) is 0.670. The molecule has 0 N–H and O–H groups in total. The summed E-state index contributed by atoms with van der Waals surface area (Å²) in [7, 11) is 0. The highest BCUT2D eigenvalue weighted by molar-refractivity contribution is 5.85. The van der Waals surface area contributed by atoms with Gasteiger partial charge in [-0.3, -0.25) is 4.90 Å². The molecule has 2 aliphatic rings. The second-order valence-electron chi connectivity index (χ2n) is 6.05. The number of ether oxygens (including phenoxy) is 1. The Morgan fingerprint density at radius 3 is 2.76 bits per heavy atom. The van der Waals surface area contributed by atoms with Crippen LogP contribution in [0.4, 0.5) is 0 Å². The first-order chi connectivity index (χ1) is 7.55. The van der Waals surface area contributed by atoms with E-state index in [1.807, 2.05) is 0 Å². The number of rotatable bonds is 1. The first-order valence-electron chi connectivity index (χ1n) is 6.35. The Bertz CT molecular complexity index is 293. The Hall–Kier alpha value is -0.230. The first kappa shape index (κ1) is 14.8. The lowest BCUT2D eigenvalue weighted by Crippen LogP contribution is -2.50. The van der Waals surface area contributed by atoms with Gasteiger partial charge in [-0.2, -0.15) is 0 Å². The van der Waals surface area contributed by atoms with Crippen molar-refractivity contribution in [1.29, 1.82) is 0 Å². The van der Waals surface area contributed by atoms with Crippen LogP contribution in [-0.2, 0) is 4.74 Å². The summed E-state index contributed by atoms with van der Waals surface area (Å²) in [5, 5.41) is 0. The Balaban J connectivity index is 0.00000144. The molecule has 0 saturated carbocycles. The minimum Gasteiger partial charge on any atom is -0.376 e. The summed E-state index contributed by atoms with van der Waals surface area (Å²) in [5.74, 6) is 2.77. The topological polar surface area (TPSA) is 12.5 Å². The van der Waals surface area contributed by atoms with E-state index in [4.69, 9.17) is 11.2 Å². The molecule has 0 unspecified atom stereocenters. The van der Waals surface area contributed by atoms with Gasteiger partial charge in [0.2, 0.25) is 0 Å². The molecule has 0 bridgehead atoms. The van der Waals surface area contributed by atoms with Gasteiger partial charge < -0.3 is 4.74 Å². The average molecular weight is 258 g/mol. The third-order valence-corrected chi connectivity index (χ3v) is 3.98. The van der Waals surface area contributed by atoms with E-state index < -0.39 is 0 Å². The van der Waals surface area contributed by atoms with Crippen molar-refractivity contribution in [3.63, 3.8) is 0 Å². The highest BCUT2D eigenvalue weighted by Gasteiger charge is 2.42. The molecular weight excluding hydrogens is 234 g/mol. The van der Waals surface area contributed by atoms with Gasteiger partial charge in [-0.1, -0.05) is 5.92 Å². The zero-order valence-corrected chi connectivity index (χ0v) is 11.8. The number of hydrogen-bond acceptors (Lipinski definition) is 2. The van der Waals surface area contributed by atoms with Crippen LogP contribution >= 0.6 is 12.4 Å². The van der Waals surface area contributed by atoms with Crippen LogP contribution in [0.3, 0.4) is 0 Å². The van der Waals surface area contributed by atoms with Crippen molar-refractivity contribution in [3.05, 3.63) is 0 Å². The second kappa shape index (κ2) is 5.61. The van der Waals surface area contributed by atoms with Gasteiger partial charge in [-0.05, 0) is 51.5 Å². The molecule has 1 spiro atoms. The number of terminal acetylenes is 1. The molecule has 0 amide bonds. The fraction of sp³-hybridized carbons (Fsp3) is 0.857. The number of likely N-dealkylation sites (tertiary alicyclic amines) is 1. The zero-order valence-electron chi connectivity index (χ0n) is 11.0. The zero-order chi connectivity index (χ0) is 11.6. The van der Waals surface area contributed by atoms with Crippen molar-refractivity contribution in [1.82, 2.24) is 4.90 Å². The molecular formula is C14H24ClNO. The maximum absolute atomic E-state index is 5.83. The number of nitrogens with zero attached hydrogens (tertiary/aromatic N) is 1. The van der Waals surface area contributed by atoms with Crippen molar-refractivity contribution < 1.29 is 4.74 Å². The van der Waals surface area contributed by atoms with Crippen molar-refractivity contribution in [2.24, 2.45) is 5.41 Å². The van der Waals surface area contributed by atoms with E-state index in [9.17, 15) is 0 Å². The number of halogens is 1. The molecule has 3 heteroatoms. The summed E-state index contributed by atoms with van der Waals surface area (Å²) in [6.45, 7) is 8.50. The lowest BCUT2D eigenvalue weighted by atomic mass is 9.69. The van der Waals surface area contributed by atoms with E-state index in [-0.39, 0.29) is 18.0 Å². The van der Waals surface area contributed by atoms with Crippen LogP contribution < -0.4 is 0 Å². The largest absolute Gasteiger partial charge is 0.376 e. The monoisotopic (exact) mass is 257 g/mol. The highest BCUT2D eigenvalue weighted by atomic mass is 35.5. The van der Waals surface area contributed by atoms with Gasteiger partial charge in [0.05, 0.1) is 12.1 Å². The maximum atomic E-state index is 5.83. The van der Waals surface area contributed by atoms with Crippen molar-refractivity contribution >= 4 is 12.4 Å². The Labute approximate surface area is 111 Å². The van der Waals surface area contributed by atoms with Gasteiger partial charge in [0, 0.05) is 13.2 Å². The third kappa shape index (κ3) is 3.61. The first-order valence-corrected chi connectivity index (χ1v) is 6.35. The predicted molar refractivity (Wildman–Crippen MR) is 73.5 cm³/mol. The predicted octanol–water partition coefficient (Wildman–Crippen LogP) is 2.71. The Kier molecular flexibility index (Phi) is 4.89. The molecule has 2 fully saturated rings. The van der Waals surface area contributed by atoms with Crippen LogP contribution in [0.2, 0.25) is 0 Å². The molecule has 2 nitrogen and oxygen atoms in total. The van der Waals surface area contributed by atoms with E-state index in [2.05, 4.69) is 24.7 Å². The van der Waals surface area contributed by atoms with E-state index in [1.165, 1.54) is 38.8 Å². The summed E-state index contributed by atoms with van der Waals surface area (Å²) in [6.07, 6.45) is 10.4. The van der Waals surface area contributed by atoms with Crippen molar-refractivity contribution in [2.45, 2.75) is 45.1 Å². The van der Waals surface area contributed by atoms with Crippen LogP contribution in [0, 0.1) is 17.8 Å². The van der Waals surface area contributed by atoms with Gasteiger partial charge in [-0.15, -0.1) is 18.8 Å². The standard InChI is InChI=1S/C14H23NO.ClH/c1-4-8-15-9-5-6-14(12-15)7-10-16-13(2,3)11-14;/h1H,5-12H2,2-3H3;1H/t14-;/m1./s1. The van der Waals surface area contributed by atoms with Gasteiger partial charge >= 0.3 is 0 Å². The van der Waals surface area contributed by atoms with Gasteiger partial charge in [-0.25, -0.2) is 0 Å². The molecule has 98 valence electrons. The number of hydrogen-bond donors (Lipinski definition) is 0. The normalized spacial score (nSPS) is 32.8. The summed E-state index contributed by atoms with van der Waals surface area (Å²) in [5.41, 5.74) is 0.522. The molecule has 2 heterocycles. The minimum absolute atomic E-state index is 0. The molecule has 0 aromatic carbocycles. The second-order valence-corrected chi connectivity index (χ2v) is 6.05. The molecule has 0 aliphatic carbocycles. The molecule has 0 radical (unpaired) electrons. The molecule has 0 aromatic rings. The average Bonchev–Trinajstić information content (AvgIpc) is 2.16. The molecule has 2 rings (SSSR count). The van der Waals surface area contributed by atoms with Gasteiger partial charge in [0.25, 0.3) is 0 Å². The summed E-state index contributed by atoms with van der Waals surface area (Å²) < 4.78 is 5.83. The lowest BCUT2D eigenvalue weighted by Gasteiger charge is -2.49. The van der Waals surface area contributed by atoms with Crippen LogP contribution in [0.5, 0.6) is 0 Å². The van der Waals surface area contributed by atoms with E-state index in [0.717, 1.165) is 13.2 Å². The smallest absolute Gasteiger partial charge is 0.0632 e. The fourth-order valence-electron chi connectivity index (χ4n) is 3.51. The summed E-state index contributed by atoms with van der Waals surface area (Å²) in [6, 6.07) is 0. The fourth-order valence-corrected chi connectivity index (χ4v) is 3.51. The van der Waals surface area contributed by atoms with Crippen LogP contribution in [0.1, 0.15) is 39.5 Å². The van der Waals surface area contributed by atoms with Crippen LogP contribution in [-0.4, -0.2) is 36.7 Å². The number of piperidine rings is 1. The minimum atomic E-state index is 0. The Morgan fingerprint density at radius 1 is 1.35 bits per heavy atom. The SMILES string of the molecule is C#CCN1CCC[C@]2(CCOC(C)(C)C2)C1.Cl. The van der Waals surface area contributed by atoms with Gasteiger partial charge in [0.1, 0.15) is 0 Å². The van der Waals surface area contributed by atoms with E-state index in [1.54, 1.807) is 0 Å². The lowest BCUT2D eigenvalue weighted by molar-refractivity contribution is -0.121. The molecule has 2 saturated heterocycles. The summed E-state index contributed by atoms with van der Waals surface area (Å²) in [4.78, 5) is 2.44. The maximum Gasteiger partial charge on any atom is 0.0632 e. The van der Waals surface area contributed by atoms with Crippen LogP contribution in [0.15, 0.2) is 0 Å². The molecule has 0 aromatic heterocycles. The molecule has 2 aliphatic heterocycles. The van der Waals surface area contributed by atoms with E-state index in [0.29, 0.717) is 5.41 Å². The Morgan fingerprint density at radius 2 is 2.12 bits per heavy atom. The third-order valence-electron chi connectivity index (χ3n) is 3.98.